The third kappa shape index (κ3) is 4.30. The highest BCUT2D eigenvalue weighted by Gasteiger charge is 2.54. The van der Waals surface area contributed by atoms with Crippen LogP contribution in [0.4, 0.5) is 10.5 Å². The lowest BCUT2D eigenvalue weighted by atomic mass is 10.1. The van der Waals surface area contributed by atoms with E-state index < -0.39 is 23.6 Å². The topological polar surface area (TPSA) is 115 Å². The van der Waals surface area contributed by atoms with Crippen LogP contribution < -0.4 is 5.32 Å². The normalized spacial score (nSPS) is 14.6. The average Bonchev–Trinajstić information content (AvgIpc) is 3.32. The fourth-order valence-electron chi connectivity index (χ4n) is 4.31. The molecule has 3 aromatic heterocycles. The number of carboxylic acid groups (broad SMARTS) is 1. The zero-order valence-corrected chi connectivity index (χ0v) is 22.0. The summed E-state index contributed by atoms with van der Waals surface area (Å²) in [5, 5.41) is 14.2. The fourth-order valence-corrected chi connectivity index (χ4v) is 6.52. The van der Waals surface area contributed by atoms with E-state index in [9.17, 15) is 14.7 Å². The van der Waals surface area contributed by atoms with Crippen molar-refractivity contribution in [2.45, 2.75) is 38.2 Å². The van der Waals surface area contributed by atoms with Crippen LogP contribution in [0.15, 0.2) is 52.9 Å². The molecule has 0 spiro atoms. The number of carbonyl (C=O) groups is 2. The molecule has 5 aromatic rings. The van der Waals surface area contributed by atoms with Gasteiger partial charge in [-0.05, 0) is 61.8 Å². The van der Waals surface area contributed by atoms with Gasteiger partial charge in [0.05, 0.1) is 0 Å². The number of rotatable bonds is 5. The van der Waals surface area contributed by atoms with Gasteiger partial charge in [-0.2, -0.15) is 0 Å². The lowest BCUT2D eigenvalue weighted by molar-refractivity contribution is -0.140. The Labute approximate surface area is 225 Å². The van der Waals surface area contributed by atoms with Crippen LogP contribution in [0.2, 0.25) is 0 Å². The molecule has 0 aliphatic heterocycles. The number of nitrogens with one attached hydrogen (secondary N) is 1. The van der Waals surface area contributed by atoms with E-state index in [2.05, 4.69) is 27.1 Å². The van der Waals surface area contributed by atoms with Crippen molar-refractivity contribution in [3.63, 3.8) is 0 Å². The lowest BCUT2D eigenvalue weighted by Crippen LogP contribution is -2.18. The highest BCUT2D eigenvalue weighted by atomic mass is 32.2. The molecule has 0 saturated heterocycles. The summed E-state index contributed by atoms with van der Waals surface area (Å²) >= 11 is 2.71. The number of aliphatic carboxylic acids is 1. The zero-order chi connectivity index (χ0) is 26.4. The van der Waals surface area contributed by atoms with Gasteiger partial charge in [0, 0.05) is 5.39 Å². The molecule has 0 radical (unpaired) electrons. The number of hydrogen-bond acceptors (Lipinski definition) is 8. The number of carbonyl (C=O) groups excluding carboxylic acids is 1. The van der Waals surface area contributed by atoms with Gasteiger partial charge in [-0.25, -0.2) is 14.8 Å². The molecule has 0 bridgehead atoms. The highest BCUT2D eigenvalue weighted by Crippen LogP contribution is 2.51. The van der Waals surface area contributed by atoms with Crippen LogP contribution in [0.5, 0.6) is 0 Å². The second-order valence-corrected chi connectivity index (χ2v) is 11.4. The Hall–Kier alpha value is -4.20. The van der Waals surface area contributed by atoms with Crippen LogP contribution >= 0.6 is 22.7 Å². The second-order valence-electron chi connectivity index (χ2n) is 9.12. The molecule has 1 amide bonds. The van der Waals surface area contributed by atoms with Gasteiger partial charge in [0.25, 0.3) is 0 Å². The summed E-state index contributed by atoms with van der Waals surface area (Å²) in [6.07, 6.45) is 0.141. The minimum absolute atomic E-state index is 0.279. The molecule has 38 heavy (non-hydrogen) atoms. The van der Waals surface area contributed by atoms with Crippen LogP contribution in [0.3, 0.4) is 0 Å². The van der Waals surface area contributed by atoms with Crippen molar-refractivity contribution < 1.29 is 23.8 Å². The molecular formula is C28H21N3O5S2. The van der Waals surface area contributed by atoms with Crippen molar-refractivity contribution in [3.05, 3.63) is 75.4 Å². The number of fused-ring (bicyclic) bond motifs is 2. The first-order valence-electron chi connectivity index (χ1n) is 11.9. The van der Waals surface area contributed by atoms with E-state index in [-0.39, 0.29) is 5.76 Å². The van der Waals surface area contributed by atoms with Gasteiger partial charge in [-0.3, -0.25) is 10.1 Å². The van der Waals surface area contributed by atoms with Crippen LogP contribution in [0.25, 0.3) is 20.6 Å². The Morgan fingerprint density at radius 2 is 1.87 bits per heavy atom. The van der Waals surface area contributed by atoms with Gasteiger partial charge in [0.15, 0.2) is 10.7 Å². The molecule has 1 aliphatic rings. The number of anilines is 1. The molecule has 2 N–H and O–H groups in total. The Balaban J connectivity index is 1.26. The number of amides is 1. The standard InChI is InChI=1S/C28H21N3O5S2/c1-15-7-3-4-8-17(15)16(2)35-27(34)30-22-18-9-5-6-10-19(18)36-20(22)11-12-21-29-23-24(37-21)38-25(31-23)28(13-14-28)26(32)33/h3-10,16H,13-14H2,1-2H3,(H,30,34)(H,32,33). The zero-order valence-electron chi connectivity index (χ0n) is 20.4. The molecule has 6 rings (SSSR count). The summed E-state index contributed by atoms with van der Waals surface area (Å²) < 4.78 is 12.4. The predicted molar refractivity (Wildman–Crippen MR) is 146 cm³/mol. The lowest BCUT2D eigenvalue weighted by Gasteiger charge is -2.16. The minimum Gasteiger partial charge on any atom is -0.481 e. The number of benzene rings is 2. The molecule has 1 aliphatic carbocycles. The summed E-state index contributed by atoms with van der Waals surface area (Å²) in [5.74, 6) is 5.43. The number of thiazole rings is 2. The summed E-state index contributed by atoms with van der Waals surface area (Å²) in [4.78, 5) is 33.4. The molecule has 1 saturated carbocycles. The van der Waals surface area contributed by atoms with E-state index in [1.807, 2.05) is 56.3 Å². The Morgan fingerprint density at radius 1 is 1.11 bits per heavy atom. The number of furan rings is 1. The maximum absolute atomic E-state index is 12.8. The van der Waals surface area contributed by atoms with Crippen LogP contribution in [-0.4, -0.2) is 27.1 Å². The maximum atomic E-state index is 12.8. The molecule has 3 heterocycles. The van der Waals surface area contributed by atoms with Crippen molar-refractivity contribution in [2.24, 2.45) is 0 Å². The van der Waals surface area contributed by atoms with Gasteiger partial charge in [-0.1, -0.05) is 47.7 Å². The van der Waals surface area contributed by atoms with Crippen molar-refractivity contribution >= 4 is 61.1 Å². The molecule has 1 atom stereocenters. The van der Waals surface area contributed by atoms with E-state index in [4.69, 9.17) is 9.15 Å². The van der Waals surface area contributed by atoms with Crippen molar-refractivity contribution in [3.8, 4) is 11.8 Å². The van der Waals surface area contributed by atoms with Gasteiger partial charge in [0.1, 0.15) is 31.8 Å². The van der Waals surface area contributed by atoms with E-state index in [1.165, 1.54) is 22.7 Å². The number of ether oxygens (including phenoxy) is 1. The van der Waals surface area contributed by atoms with E-state index >= 15 is 0 Å². The summed E-state index contributed by atoms with van der Waals surface area (Å²) in [5.41, 5.74) is 2.62. The van der Waals surface area contributed by atoms with Crippen molar-refractivity contribution in [1.29, 1.82) is 0 Å². The predicted octanol–water partition coefficient (Wildman–Crippen LogP) is 6.63. The van der Waals surface area contributed by atoms with Crippen LogP contribution in [-0.2, 0) is 14.9 Å². The summed E-state index contributed by atoms with van der Waals surface area (Å²) in [6, 6.07) is 15.1. The first-order chi connectivity index (χ1) is 18.3. The molecule has 1 unspecified atom stereocenters. The minimum atomic E-state index is -0.850. The van der Waals surface area contributed by atoms with Gasteiger partial charge in [0.2, 0.25) is 5.76 Å². The third-order valence-electron chi connectivity index (χ3n) is 6.56. The first-order valence-corrected chi connectivity index (χ1v) is 13.6. The van der Waals surface area contributed by atoms with E-state index in [0.29, 0.717) is 45.2 Å². The van der Waals surface area contributed by atoms with Gasteiger partial charge in [-0.15, -0.1) is 11.3 Å². The fraction of sp³-hybridized carbons (Fsp3) is 0.214. The third-order valence-corrected chi connectivity index (χ3v) is 8.86. The average molecular weight is 544 g/mol. The first kappa shape index (κ1) is 24.2. The monoisotopic (exact) mass is 543 g/mol. The van der Waals surface area contributed by atoms with E-state index in [1.54, 1.807) is 6.07 Å². The number of para-hydroxylation sites is 1. The molecular weight excluding hydrogens is 522 g/mol. The van der Waals surface area contributed by atoms with Crippen LogP contribution in [0.1, 0.15) is 52.8 Å². The Morgan fingerprint density at radius 3 is 2.61 bits per heavy atom. The van der Waals surface area contributed by atoms with Crippen molar-refractivity contribution in [1.82, 2.24) is 9.97 Å². The second kappa shape index (κ2) is 9.28. The molecule has 10 heteroatoms. The van der Waals surface area contributed by atoms with Gasteiger partial charge >= 0.3 is 12.1 Å². The molecule has 190 valence electrons. The summed E-state index contributed by atoms with van der Waals surface area (Å²) in [6.45, 7) is 3.80. The van der Waals surface area contributed by atoms with E-state index in [0.717, 1.165) is 15.1 Å². The number of carboxylic acids is 1. The largest absolute Gasteiger partial charge is 0.481 e. The number of aryl methyl sites for hydroxylation is 1. The number of aromatic nitrogens is 2. The SMILES string of the molecule is Cc1ccccc1C(C)OC(=O)Nc1c(C#Cc2nc3nc(C4(C(=O)O)CC4)sc3s2)oc2ccccc12. The quantitative estimate of drug-likeness (QED) is 0.239. The Bertz CT molecular complexity index is 1750. The van der Waals surface area contributed by atoms with Gasteiger partial charge < -0.3 is 14.3 Å². The Kier molecular flexibility index (Phi) is 5.90. The van der Waals surface area contributed by atoms with Crippen molar-refractivity contribution in [2.75, 3.05) is 5.32 Å². The molecule has 8 nitrogen and oxygen atoms in total. The smallest absolute Gasteiger partial charge is 0.412 e. The maximum Gasteiger partial charge on any atom is 0.412 e. The molecule has 1 fully saturated rings. The number of hydrogen-bond donors (Lipinski definition) is 2. The van der Waals surface area contributed by atoms with Crippen LogP contribution in [0, 0.1) is 18.8 Å². The summed E-state index contributed by atoms with van der Waals surface area (Å²) in [7, 11) is 0. The highest BCUT2D eigenvalue weighted by molar-refractivity contribution is 7.38. The molecule has 2 aromatic carbocycles. The number of nitrogens with zero attached hydrogens (tertiary/aromatic N) is 2.